The zero-order valence-electron chi connectivity index (χ0n) is 13.5. The lowest BCUT2D eigenvalue weighted by Crippen LogP contribution is -2.51. The van der Waals surface area contributed by atoms with Crippen molar-refractivity contribution in [2.75, 3.05) is 10.6 Å². The minimum atomic E-state index is -3.59. The van der Waals surface area contributed by atoms with Crippen LogP contribution < -0.4 is 9.62 Å². The van der Waals surface area contributed by atoms with Crippen LogP contribution in [0.1, 0.15) is 39.0 Å². The van der Waals surface area contributed by atoms with Crippen molar-refractivity contribution in [3.63, 3.8) is 0 Å². The first-order valence-electron chi connectivity index (χ1n) is 7.88. The Labute approximate surface area is 143 Å². The van der Waals surface area contributed by atoms with Crippen molar-refractivity contribution in [1.82, 2.24) is 5.32 Å². The van der Waals surface area contributed by atoms with Crippen molar-refractivity contribution < 1.29 is 13.2 Å². The first-order chi connectivity index (χ1) is 10.8. The first kappa shape index (κ1) is 18.1. The van der Waals surface area contributed by atoms with Gasteiger partial charge in [-0.05, 0) is 43.5 Å². The van der Waals surface area contributed by atoms with Gasteiger partial charge in [-0.1, -0.05) is 31.4 Å². The van der Waals surface area contributed by atoms with Gasteiger partial charge in [0.1, 0.15) is 6.04 Å². The SMILES string of the molecule is CCC(C(=O)NC1CCCC1)N(c1ccc(Cl)cc1)S(C)(=O)=O. The number of carbonyl (C=O) groups excluding carboxylic acids is 1. The molecule has 1 aliphatic rings. The Bertz CT molecular complexity index is 640. The molecule has 1 fully saturated rings. The summed E-state index contributed by atoms with van der Waals surface area (Å²) in [5, 5.41) is 3.51. The molecule has 2 rings (SSSR count). The molecule has 0 heterocycles. The normalized spacial score (nSPS) is 17.0. The van der Waals surface area contributed by atoms with Crippen molar-refractivity contribution in [1.29, 1.82) is 0 Å². The molecule has 0 spiro atoms. The lowest BCUT2D eigenvalue weighted by molar-refractivity contribution is -0.122. The van der Waals surface area contributed by atoms with Crippen molar-refractivity contribution >= 4 is 33.2 Å². The molecule has 128 valence electrons. The molecular formula is C16H23ClN2O3S. The minimum absolute atomic E-state index is 0.156. The zero-order valence-corrected chi connectivity index (χ0v) is 15.0. The Balaban J connectivity index is 2.28. The van der Waals surface area contributed by atoms with Crippen LogP contribution in [0.2, 0.25) is 5.02 Å². The van der Waals surface area contributed by atoms with E-state index in [9.17, 15) is 13.2 Å². The number of benzene rings is 1. The molecule has 1 atom stereocenters. The Morgan fingerprint density at radius 3 is 2.35 bits per heavy atom. The van der Waals surface area contributed by atoms with Crippen LogP contribution in [0, 0.1) is 0 Å². The van der Waals surface area contributed by atoms with E-state index in [1.165, 1.54) is 4.31 Å². The molecule has 1 aliphatic carbocycles. The number of anilines is 1. The molecule has 0 radical (unpaired) electrons. The van der Waals surface area contributed by atoms with E-state index in [4.69, 9.17) is 11.6 Å². The standard InChI is InChI=1S/C16H23ClN2O3S/c1-3-15(16(20)18-13-6-4-5-7-13)19(23(2,21)22)14-10-8-12(17)9-11-14/h8-11,13,15H,3-7H2,1-2H3,(H,18,20). The number of rotatable bonds is 6. The molecule has 0 bridgehead atoms. The molecule has 7 heteroatoms. The largest absolute Gasteiger partial charge is 0.352 e. The maximum atomic E-state index is 12.6. The van der Waals surface area contributed by atoms with Gasteiger partial charge in [0.05, 0.1) is 11.9 Å². The van der Waals surface area contributed by atoms with Crippen molar-refractivity contribution in [3.05, 3.63) is 29.3 Å². The summed E-state index contributed by atoms with van der Waals surface area (Å²) in [4.78, 5) is 12.6. The fourth-order valence-electron chi connectivity index (χ4n) is 3.02. The van der Waals surface area contributed by atoms with Crippen LogP contribution in [0.4, 0.5) is 5.69 Å². The summed E-state index contributed by atoms with van der Waals surface area (Å²) < 4.78 is 25.7. The number of sulfonamides is 1. The number of hydrogen-bond acceptors (Lipinski definition) is 3. The molecule has 1 amide bonds. The number of carbonyl (C=O) groups is 1. The highest BCUT2D eigenvalue weighted by Crippen LogP contribution is 2.25. The maximum Gasteiger partial charge on any atom is 0.244 e. The summed E-state index contributed by atoms with van der Waals surface area (Å²) in [6, 6.07) is 5.88. The highest BCUT2D eigenvalue weighted by molar-refractivity contribution is 7.92. The molecule has 23 heavy (non-hydrogen) atoms. The van der Waals surface area contributed by atoms with E-state index < -0.39 is 16.1 Å². The van der Waals surface area contributed by atoms with E-state index in [1.807, 2.05) is 6.92 Å². The third-order valence-corrected chi connectivity index (χ3v) is 5.54. The van der Waals surface area contributed by atoms with E-state index in [-0.39, 0.29) is 11.9 Å². The van der Waals surface area contributed by atoms with Crippen LogP contribution in [-0.4, -0.2) is 32.7 Å². The van der Waals surface area contributed by atoms with E-state index in [2.05, 4.69) is 5.32 Å². The topological polar surface area (TPSA) is 66.5 Å². The van der Waals surface area contributed by atoms with Crippen molar-refractivity contribution in [3.8, 4) is 0 Å². The fourth-order valence-corrected chi connectivity index (χ4v) is 4.35. The van der Waals surface area contributed by atoms with E-state index in [0.29, 0.717) is 17.1 Å². The lowest BCUT2D eigenvalue weighted by Gasteiger charge is -2.31. The third kappa shape index (κ3) is 4.61. The average Bonchev–Trinajstić information content (AvgIpc) is 2.97. The summed E-state index contributed by atoms with van der Waals surface area (Å²) in [5.74, 6) is -0.236. The highest BCUT2D eigenvalue weighted by Gasteiger charge is 2.32. The molecule has 0 aliphatic heterocycles. The molecule has 1 unspecified atom stereocenters. The van der Waals surface area contributed by atoms with Crippen molar-refractivity contribution in [2.45, 2.75) is 51.1 Å². The van der Waals surface area contributed by atoms with Crippen molar-refractivity contribution in [2.24, 2.45) is 0 Å². The predicted octanol–water partition coefficient (Wildman–Crippen LogP) is 2.94. The van der Waals surface area contributed by atoms with E-state index in [0.717, 1.165) is 31.9 Å². The van der Waals surface area contributed by atoms with Gasteiger partial charge in [0.2, 0.25) is 15.9 Å². The number of hydrogen-bond donors (Lipinski definition) is 1. The Kier molecular flexibility index (Phi) is 5.92. The Morgan fingerprint density at radius 2 is 1.87 bits per heavy atom. The smallest absolute Gasteiger partial charge is 0.244 e. The second-order valence-corrected chi connectivity index (χ2v) is 8.25. The van der Waals surface area contributed by atoms with Gasteiger partial charge in [-0.2, -0.15) is 0 Å². The molecular weight excluding hydrogens is 336 g/mol. The number of nitrogens with one attached hydrogen (secondary N) is 1. The molecule has 1 N–H and O–H groups in total. The van der Waals surface area contributed by atoms with E-state index in [1.54, 1.807) is 24.3 Å². The molecule has 1 aromatic carbocycles. The maximum absolute atomic E-state index is 12.6. The summed E-state index contributed by atoms with van der Waals surface area (Å²) in [5.41, 5.74) is 0.449. The third-order valence-electron chi connectivity index (χ3n) is 4.11. The monoisotopic (exact) mass is 358 g/mol. The van der Waals surface area contributed by atoms with Gasteiger partial charge in [0, 0.05) is 11.1 Å². The quantitative estimate of drug-likeness (QED) is 0.850. The van der Waals surface area contributed by atoms with Crippen LogP contribution in [0.25, 0.3) is 0 Å². The predicted molar refractivity (Wildman–Crippen MR) is 93.3 cm³/mol. The van der Waals surface area contributed by atoms with Gasteiger partial charge < -0.3 is 5.32 Å². The molecule has 0 aromatic heterocycles. The summed E-state index contributed by atoms with van der Waals surface area (Å²) >= 11 is 5.87. The highest BCUT2D eigenvalue weighted by atomic mass is 35.5. The van der Waals surface area contributed by atoms with Crippen LogP contribution in [0.15, 0.2) is 24.3 Å². The average molecular weight is 359 g/mol. The number of nitrogens with zero attached hydrogens (tertiary/aromatic N) is 1. The van der Waals surface area contributed by atoms with Gasteiger partial charge in [-0.15, -0.1) is 0 Å². The molecule has 1 saturated carbocycles. The first-order valence-corrected chi connectivity index (χ1v) is 10.1. The van der Waals surface area contributed by atoms with Gasteiger partial charge in [0.25, 0.3) is 0 Å². The molecule has 0 saturated heterocycles. The van der Waals surface area contributed by atoms with Crippen LogP contribution in [-0.2, 0) is 14.8 Å². The summed E-state index contributed by atoms with van der Waals surface area (Å²) in [6.45, 7) is 1.81. The number of amides is 1. The van der Waals surface area contributed by atoms with Crippen LogP contribution >= 0.6 is 11.6 Å². The minimum Gasteiger partial charge on any atom is -0.352 e. The molecule has 5 nitrogen and oxygen atoms in total. The van der Waals surface area contributed by atoms with Crippen LogP contribution in [0.3, 0.4) is 0 Å². The second kappa shape index (κ2) is 7.53. The Hall–Kier alpha value is -1.27. The molecule has 1 aromatic rings. The second-order valence-electron chi connectivity index (χ2n) is 5.95. The fraction of sp³-hybridized carbons (Fsp3) is 0.562. The summed E-state index contributed by atoms with van der Waals surface area (Å²) in [6.07, 6.45) is 5.65. The van der Waals surface area contributed by atoms with Gasteiger partial charge in [-0.25, -0.2) is 8.42 Å². The lowest BCUT2D eigenvalue weighted by atomic mass is 10.1. The number of halogens is 1. The Morgan fingerprint density at radius 1 is 1.30 bits per heavy atom. The summed E-state index contributed by atoms with van der Waals surface area (Å²) in [7, 11) is -3.59. The van der Waals surface area contributed by atoms with Gasteiger partial charge >= 0.3 is 0 Å². The zero-order chi connectivity index (χ0) is 17.0. The van der Waals surface area contributed by atoms with Gasteiger partial charge in [-0.3, -0.25) is 9.10 Å². The van der Waals surface area contributed by atoms with Crippen LogP contribution in [0.5, 0.6) is 0 Å². The van der Waals surface area contributed by atoms with E-state index >= 15 is 0 Å². The van der Waals surface area contributed by atoms with Gasteiger partial charge in [0.15, 0.2) is 0 Å².